The predicted molar refractivity (Wildman–Crippen MR) is 80.0 cm³/mol. The molecule has 0 rings (SSSR count). The number of carbonyl (C=O) groups excluding carboxylic acids is 2. The fraction of sp³-hybridized carbons (Fsp3) is 0.857. The number of nitrogens with one attached hydrogen (secondary N) is 1. The van der Waals surface area contributed by atoms with Crippen molar-refractivity contribution in [3.05, 3.63) is 0 Å². The molecular weight excluding hydrogens is 325 g/mol. The minimum absolute atomic E-state index is 0.410. The van der Waals surface area contributed by atoms with Crippen molar-refractivity contribution in [1.29, 1.82) is 0 Å². The van der Waals surface area contributed by atoms with Crippen LogP contribution in [-0.2, 0) is 14.3 Å². The van der Waals surface area contributed by atoms with Crippen LogP contribution in [0, 0.1) is 0 Å². The summed E-state index contributed by atoms with van der Waals surface area (Å²) in [5.74, 6) is 1.68. The summed E-state index contributed by atoms with van der Waals surface area (Å²) in [5.41, 5.74) is -1.15. The molecular formula is C14H27NO4Se. The Balaban J connectivity index is 4.63. The van der Waals surface area contributed by atoms with Gasteiger partial charge in [0.05, 0.1) is 0 Å². The zero-order chi connectivity index (χ0) is 16.0. The van der Waals surface area contributed by atoms with E-state index in [-0.39, 0.29) is 0 Å². The molecule has 0 aromatic carbocycles. The molecule has 0 fully saturated rings. The second-order valence-electron chi connectivity index (χ2n) is 6.51. The molecule has 0 spiro atoms. The molecule has 0 aliphatic carbocycles. The van der Waals surface area contributed by atoms with Gasteiger partial charge >= 0.3 is 128 Å². The van der Waals surface area contributed by atoms with Crippen molar-refractivity contribution in [3.63, 3.8) is 0 Å². The summed E-state index contributed by atoms with van der Waals surface area (Å²) in [7, 11) is 0. The van der Waals surface area contributed by atoms with Crippen LogP contribution in [0.3, 0.4) is 0 Å². The molecule has 0 aliphatic rings. The molecule has 0 saturated carbocycles. The number of alkyl carbamates (subject to hydrolysis) is 1. The first kappa shape index (κ1) is 19.3. The van der Waals surface area contributed by atoms with Crippen molar-refractivity contribution < 1.29 is 19.1 Å². The molecule has 1 atom stereocenters. The summed E-state index contributed by atoms with van der Waals surface area (Å²) in [6, 6.07) is -0.647. The van der Waals surface area contributed by atoms with Crippen LogP contribution >= 0.6 is 0 Å². The zero-order valence-corrected chi connectivity index (χ0v) is 15.2. The Morgan fingerprint density at radius 2 is 1.55 bits per heavy atom. The fourth-order valence-corrected chi connectivity index (χ4v) is 2.30. The topological polar surface area (TPSA) is 64.6 Å². The summed E-state index contributed by atoms with van der Waals surface area (Å²) in [4.78, 5) is 23.8. The maximum absolute atomic E-state index is 12.1. The van der Waals surface area contributed by atoms with Crippen LogP contribution in [0.15, 0.2) is 0 Å². The van der Waals surface area contributed by atoms with Gasteiger partial charge in [-0.3, -0.25) is 0 Å². The van der Waals surface area contributed by atoms with E-state index in [2.05, 4.69) is 11.1 Å². The normalized spacial score (nSPS) is 13.6. The average Bonchev–Trinajstić information content (AvgIpc) is 2.18. The molecule has 0 saturated heterocycles. The van der Waals surface area contributed by atoms with Crippen molar-refractivity contribution in [2.45, 2.75) is 76.3 Å². The van der Waals surface area contributed by atoms with Gasteiger partial charge in [-0.15, -0.1) is 0 Å². The third-order valence-corrected chi connectivity index (χ3v) is 3.34. The van der Waals surface area contributed by atoms with Crippen LogP contribution in [0.2, 0.25) is 11.1 Å². The first-order valence-corrected chi connectivity index (χ1v) is 9.58. The number of amides is 1. The number of esters is 1. The van der Waals surface area contributed by atoms with Crippen molar-refractivity contribution in [1.82, 2.24) is 5.32 Å². The molecule has 0 heterocycles. The van der Waals surface area contributed by atoms with E-state index >= 15 is 0 Å². The van der Waals surface area contributed by atoms with E-state index in [1.807, 2.05) is 0 Å². The Kier molecular flexibility index (Phi) is 7.60. The third kappa shape index (κ3) is 10.1. The van der Waals surface area contributed by atoms with Gasteiger partial charge in [0.1, 0.15) is 0 Å². The van der Waals surface area contributed by atoms with Crippen LogP contribution in [0.4, 0.5) is 4.79 Å². The molecule has 0 bridgehead atoms. The summed E-state index contributed by atoms with van der Waals surface area (Å²) < 4.78 is 10.5. The van der Waals surface area contributed by atoms with Gasteiger partial charge in [0.2, 0.25) is 0 Å². The number of rotatable bonds is 5. The van der Waals surface area contributed by atoms with Gasteiger partial charge < -0.3 is 0 Å². The molecule has 118 valence electrons. The van der Waals surface area contributed by atoms with E-state index in [0.29, 0.717) is 21.4 Å². The second kappa shape index (κ2) is 7.89. The monoisotopic (exact) mass is 353 g/mol. The molecule has 1 N–H and O–H groups in total. The first-order chi connectivity index (χ1) is 8.94. The summed E-state index contributed by atoms with van der Waals surface area (Å²) in [6.07, 6.45) is -0.0121. The van der Waals surface area contributed by atoms with Gasteiger partial charge in [0.15, 0.2) is 0 Å². The van der Waals surface area contributed by atoms with Gasteiger partial charge in [-0.1, -0.05) is 0 Å². The Bertz CT molecular complexity index is 331. The van der Waals surface area contributed by atoms with Crippen molar-refractivity contribution in [2.24, 2.45) is 0 Å². The van der Waals surface area contributed by atoms with E-state index in [1.54, 1.807) is 41.5 Å². The van der Waals surface area contributed by atoms with Crippen LogP contribution in [0.25, 0.3) is 0 Å². The molecule has 6 heteroatoms. The van der Waals surface area contributed by atoms with Crippen LogP contribution in [0.5, 0.6) is 0 Å². The molecule has 1 amide bonds. The van der Waals surface area contributed by atoms with Crippen LogP contribution in [-0.4, -0.2) is 44.3 Å². The Hall–Kier alpha value is -0.741. The molecule has 1 unspecified atom stereocenters. The summed E-state index contributed by atoms with van der Waals surface area (Å²) in [5, 5.41) is 3.50. The molecule has 0 aromatic rings. The number of carbonyl (C=O) groups is 2. The van der Waals surface area contributed by atoms with Crippen molar-refractivity contribution >= 4 is 27.0 Å². The molecule has 20 heavy (non-hydrogen) atoms. The fourth-order valence-electron chi connectivity index (χ4n) is 1.31. The van der Waals surface area contributed by atoms with Crippen LogP contribution < -0.4 is 5.32 Å². The van der Waals surface area contributed by atoms with Gasteiger partial charge in [-0.25, -0.2) is 0 Å². The van der Waals surface area contributed by atoms with E-state index in [9.17, 15) is 9.59 Å². The average molecular weight is 352 g/mol. The first-order valence-electron chi connectivity index (χ1n) is 6.66. The summed E-state index contributed by atoms with van der Waals surface area (Å²) in [6.45, 7) is 10.8. The van der Waals surface area contributed by atoms with E-state index in [4.69, 9.17) is 9.47 Å². The third-order valence-electron chi connectivity index (χ3n) is 1.99. The Morgan fingerprint density at radius 3 is 1.95 bits per heavy atom. The number of hydrogen-bond donors (Lipinski definition) is 1. The molecule has 5 nitrogen and oxygen atoms in total. The maximum atomic E-state index is 12.1. The Labute approximate surface area is 128 Å². The number of ether oxygens (including phenoxy) is 2. The van der Waals surface area contributed by atoms with Crippen LogP contribution in [0.1, 0.15) is 48.0 Å². The van der Waals surface area contributed by atoms with E-state index in [1.165, 1.54) is 0 Å². The minimum atomic E-state index is -0.647. The van der Waals surface area contributed by atoms with Crippen molar-refractivity contribution in [3.8, 4) is 0 Å². The van der Waals surface area contributed by atoms with Gasteiger partial charge in [0.25, 0.3) is 0 Å². The number of hydrogen-bond acceptors (Lipinski definition) is 4. The second-order valence-corrected chi connectivity index (χ2v) is 8.58. The van der Waals surface area contributed by atoms with Gasteiger partial charge in [0, 0.05) is 0 Å². The zero-order valence-electron chi connectivity index (χ0n) is 13.5. The van der Waals surface area contributed by atoms with E-state index in [0.717, 1.165) is 5.32 Å². The SMILES string of the molecule is C[Se]CCC(NC(=O)OC(C)(C)C)C(=O)OC(C)(C)C. The quantitative estimate of drug-likeness (QED) is 0.610. The predicted octanol–water partition coefficient (Wildman–Crippen LogP) is 2.78. The van der Waals surface area contributed by atoms with Gasteiger partial charge in [-0.2, -0.15) is 0 Å². The van der Waals surface area contributed by atoms with Crippen molar-refractivity contribution in [2.75, 3.05) is 0 Å². The molecule has 0 radical (unpaired) electrons. The van der Waals surface area contributed by atoms with Gasteiger partial charge in [-0.05, 0) is 0 Å². The molecule has 0 aliphatic heterocycles. The van der Waals surface area contributed by atoms with E-state index < -0.39 is 29.3 Å². The molecule has 0 aromatic heterocycles. The standard InChI is InChI=1S/C14H27NO4Se/c1-13(2,3)18-11(16)10(8-9-20-7)15-12(17)19-14(4,5)6/h10H,8-9H2,1-7H3,(H,15,17). The summed E-state index contributed by atoms with van der Waals surface area (Å²) >= 11 is 0.440. The Morgan fingerprint density at radius 1 is 1.05 bits per heavy atom.